The monoisotopic (exact) mass is 328 g/mol. The van der Waals surface area contributed by atoms with Gasteiger partial charge in [-0.1, -0.05) is 23.7 Å². The topological polar surface area (TPSA) is 90.9 Å². The molecule has 0 saturated carbocycles. The molecule has 0 aliphatic rings. The second-order valence-electron chi connectivity index (χ2n) is 5.75. The van der Waals surface area contributed by atoms with Crippen molar-refractivity contribution in [2.24, 2.45) is 5.14 Å². The van der Waals surface area contributed by atoms with E-state index in [1.54, 1.807) is 16.7 Å². The zero-order valence-corrected chi connectivity index (χ0v) is 13.6. The summed E-state index contributed by atoms with van der Waals surface area (Å²) < 4.78 is 24.8. The van der Waals surface area contributed by atoms with Crippen molar-refractivity contribution in [1.29, 1.82) is 0 Å². The van der Waals surface area contributed by atoms with Crippen molar-refractivity contribution in [3.63, 3.8) is 0 Å². The minimum atomic E-state index is -3.93. The first kappa shape index (κ1) is 15.9. The number of nitrogens with zero attached hydrogens (tertiary/aromatic N) is 3. The minimum absolute atomic E-state index is 0.223. The van der Waals surface area contributed by atoms with Crippen molar-refractivity contribution in [2.45, 2.75) is 37.9 Å². The molecule has 0 bridgehead atoms. The summed E-state index contributed by atoms with van der Waals surface area (Å²) in [5.41, 5.74) is 0.450. The van der Waals surface area contributed by atoms with E-state index in [9.17, 15) is 8.42 Å². The Bertz CT molecular complexity index is 745. The molecule has 0 aliphatic heterocycles. The Labute approximate surface area is 129 Å². The third-order valence-electron chi connectivity index (χ3n) is 2.90. The smallest absolute Gasteiger partial charge is 0.273 e. The largest absolute Gasteiger partial charge is 0.295 e. The third kappa shape index (κ3) is 3.61. The zero-order chi connectivity index (χ0) is 15.8. The van der Waals surface area contributed by atoms with Gasteiger partial charge in [-0.25, -0.2) is 13.6 Å². The number of primary sulfonamides is 1. The molecule has 2 N–H and O–H groups in total. The highest BCUT2D eigenvalue weighted by Gasteiger charge is 2.28. The van der Waals surface area contributed by atoms with Gasteiger partial charge in [0.25, 0.3) is 15.2 Å². The highest BCUT2D eigenvalue weighted by molar-refractivity contribution is 7.89. The molecule has 0 aliphatic carbocycles. The molecule has 0 unspecified atom stereocenters. The lowest BCUT2D eigenvalue weighted by Crippen LogP contribution is -2.30. The summed E-state index contributed by atoms with van der Waals surface area (Å²) in [5.74, 6) is 0.536. The van der Waals surface area contributed by atoms with Crippen molar-refractivity contribution in [3.05, 3.63) is 40.7 Å². The van der Waals surface area contributed by atoms with Gasteiger partial charge in [0, 0.05) is 17.0 Å². The van der Waals surface area contributed by atoms with E-state index >= 15 is 0 Å². The summed E-state index contributed by atoms with van der Waals surface area (Å²) in [6, 6.07) is 7.27. The molecular formula is C13H17ClN4O2S. The Morgan fingerprint density at radius 3 is 2.24 bits per heavy atom. The molecule has 0 fully saturated rings. The van der Waals surface area contributed by atoms with E-state index in [-0.39, 0.29) is 5.16 Å². The van der Waals surface area contributed by atoms with Crippen LogP contribution in [0, 0.1) is 0 Å². The fraction of sp³-hybridized carbons (Fsp3) is 0.385. The fourth-order valence-electron chi connectivity index (χ4n) is 2.06. The Morgan fingerprint density at radius 1 is 1.19 bits per heavy atom. The van der Waals surface area contributed by atoms with Crippen LogP contribution in [0.1, 0.15) is 32.2 Å². The lowest BCUT2D eigenvalue weighted by molar-refractivity contribution is 0.351. The molecule has 114 valence electrons. The van der Waals surface area contributed by atoms with Crippen LogP contribution in [0.4, 0.5) is 0 Å². The van der Waals surface area contributed by atoms with Crippen LogP contribution in [-0.2, 0) is 22.0 Å². The number of nitrogens with two attached hydrogens (primary N) is 1. The van der Waals surface area contributed by atoms with E-state index in [0.717, 1.165) is 5.56 Å². The maximum absolute atomic E-state index is 11.6. The minimum Gasteiger partial charge on any atom is -0.295 e. The summed E-state index contributed by atoms with van der Waals surface area (Å²) in [4.78, 5) is 0. The first-order chi connectivity index (χ1) is 9.59. The normalized spacial score (nSPS) is 12.6. The SMILES string of the molecule is CC(C)(C)n1c(Cc2ccc(Cl)cc2)nnc1S(N)(=O)=O. The van der Waals surface area contributed by atoms with Gasteiger partial charge in [0.15, 0.2) is 0 Å². The molecule has 21 heavy (non-hydrogen) atoms. The molecule has 1 heterocycles. The number of benzene rings is 1. The van der Waals surface area contributed by atoms with Crippen LogP contribution in [0.25, 0.3) is 0 Å². The third-order valence-corrected chi connectivity index (χ3v) is 3.93. The molecule has 8 heteroatoms. The van der Waals surface area contributed by atoms with Crippen LogP contribution < -0.4 is 5.14 Å². The van der Waals surface area contributed by atoms with E-state index in [0.29, 0.717) is 17.3 Å². The summed E-state index contributed by atoms with van der Waals surface area (Å²) in [5, 5.41) is 13.4. The van der Waals surface area contributed by atoms with E-state index in [4.69, 9.17) is 16.7 Å². The van der Waals surface area contributed by atoms with E-state index in [1.165, 1.54) is 0 Å². The van der Waals surface area contributed by atoms with Gasteiger partial charge < -0.3 is 0 Å². The molecule has 0 radical (unpaired) electrons. The van der Waals surface area contributed by atoms with Gasteiger partial charge in [-0.15, -0.1) is 10.2 Å². The van der Waals surface area contributed by atoms with Gasteiger partial charge in [-0.05, 0) is 38.5 Å². The van der Waals surface area contributed by atoms with Crippen LogP contribution >= 0.6 is 11.6 Å². The van der Waals surface area contributed by atoms with E-state index in [1.807, 2.05) is 32.9 Å². The van der Waals surface area contributed by atoms with Gasteiger partial charge in [-0.3, -0.25) is 4.57 Å². The molecule has 0 spiro atoms. The van der Waals surface area contributed by atoms with Crippen molar-refractivity contribution in [3.8, 4) is 0 Å². The molecule has 2 rings (SSSR count). The second-order valence-corrected chi connectivity index (χ2v) is 7.64. The summed E-state index contributed by atoms with van der Waals surface area (Å²) in [6.45, 7) is 5.61. The second kappa shape index (κ2) is 5.40. The molecule has 0 amide bonds. The lowest BCUT2D eigenvalue weighted by atomic mass is 10.1. The number of halogens is 1. The summed E-state index contributed by atoms with van der Waals surface area (Å²) >= 11 is 5.85. The zero-order valence-electron chi connectivity index (χ0n) is 12.0. The number of rotatable bonds is 3. The Kier molecular flexibility index (Phi) is 4.10. The average molecular weight is 329 g/mol. The number of hydrogen-bond donors (Lipinski definition) is 1. The van der Waals surface area contributed by atoms with Gasteiger partial charge >= 0.3 is 0 Å². The van der Waals surface area contributed by atoms with Crippen molar-refractivity contribution < 1.29 is 8.42 Å². The molecule has 1 aromatic heterocycles. The van der Waals surface area contributed by atoms with Crippen molar-refractivity contribution in [1.82, 2.24) is 14.8 Å². The average Bonchev–Trinajstić information content (AvgIpc) is 2.75. The predicted molar refractivity (Wildman–Crippen MR) is 80.6 cm³/mol. The Balaban J connectivity index is 2.50. The van der Waals surface area contributed by atoms with Crippen LogP contribution in [0.5, 0.6) is 0 Å². The summed E-state index contributed by atoms with van der Waals surface area (Å²) in [7, 11) is -3.93. The van der Waals surface area contributed by atoms with Gasteiger partial charge in [-0.2, -0.15) is 0 Å². The Morgan fingerprint density at radius 2 is 1.76 bits per heavy atom. The van der Waals surface area contributed by atoms with E-state index < -0.39 is 15.6 Å². The van der Waals surface area contributed by atoms with E-state index in [2.05, 4.69) is 10.2 Å². The molecule has 6 nitrogen and oxygen atoms in total. The first-order valence-electron chi connectivity index (χ1n) is 6.31. The van der Waals surface area contributed by atoms with Crippen LogP contribution in [0.15, 0.2) is 29.4 Å². The fourth-order valence-corrected chi connectivity index (χ4v) is 2.97. The van der Waals surface area contributed by atoms with Gasteiger partial charge in [0.05, 0.1) is 0 Å². The predicted octanol–water partition coefficient (Wildman–Crippen LogP) is 1.92. The quantitative estimate of drug-likeness (QED) is 0.931. The van der Waals surface area contributed by atoms with Gasteiger partial charge in [0.1, 0.15) is 5.82 Å². The molecule has 0 atom stereocenters. The summed E-state index contributed by atoms with van der Waals surface area (Å²) in [6.07, 6.45) is 0.441. The molecule has 1 aromatic carbocycles. The highest BCUT2D eigenvalue weighted by Crippen LogP contribution is 2.23. The van der Waals surface area contributed by atoms with Crippen molar-refractivity contribution in [2.75, 3.05) is 0 Å². The molecular weight excluding hydrogens is 312 g/mol. The lowest BCUT2D eigenvalue weighted by Gasteiger charge is -2.24. The van der Waals surface area contributed by atoms with Crippen molar-refractivity contribution >= 4 is 21.6 Å². The number of sulfonamides is 1. The molecule has 2 aromatic rings. The highest BCUT2D eigenvalue weighted by atomic mass is 35.5. The van der Waals surface area contributed by atoms with Gasteiger partial charge in [0.2, 0.25) is 0 Å². The van der Waals surface area contributed by atoms with Crippen LogP contribution in [0.2, 0.25) is 5.02 Å². The number of hydrogen-bond acceptors (Lipinski definition) is 4. The maximum Gasteiger partial charge on any atom is 0.273 e. The van der Waals surface area contributed by atoms with Crippen LogP contribution in [-0.4, -0.2) is 23.2 Å². The number of aromatic nitrogens is 3. The molecule has 0 saturated heterocycles. The Hall–Kier alpha value is -1.44. The maximum atomic E-state index is 11.6. The first-order valence-corrected chi connectivity index (χ1v) is 8.23. The standard InChI is InChI=1S/C13H17ClN4O2S/c1-13(2,3)18-11(16-17-12(18)21(15,19)20)8-9-4-6-10(14)7-5-9/h4-7H,8H2,1-3H3,(H2,15,19,20). The van der Waals surface area contributed by atoms with Crippen LogP contribution in [0.3, 0.4) is 0 Å².